The van der Waals surface area contributed by atoms with Crippen LogP contribution in [0.2, 0.25) is 0 Å². The van der Waals surface area contributed by atoms with Gasteiger partial charge < -0.3 is 9.47 Å². The first kappa shape index (κ1) is 14.0. The van der Waals surface area contributed by atoms with Crippen molar-refractivity contribution in [1.82, 2.24) is 0 Å². The highest BCUT2D eigenvalue weighted by Gasteiger charge is 2.15. The fourth-order valence-electron chi connectivity index (χ4n) is 1.57. The highest BCUT2D eigenvalue weighted by atomic mass is 32.1. The highest BCUT2D eigenvalue weighted by Crippen LogP contribution is 2.31. The number of nitrogens with zero attached hydrogens (tertiary/aromatic N) is 1. The van der Waals surface area contributed by atoms with Gasteiger partial charge in [-0.05, 0) is 17.5 Å². The molecule has 0 atom stereocenters. The minimum atomic E-state index is -0.542. The van der Waals surface area contributed by atoms with Crippen LogP contribution in [-0.2, 0) is 11.2 Å². The van der Waals surface area contributed by atoms with E-state index in [1.165, 1.54) is 36.6 Å². The molecule has 0 amide bonds. The van der Waals surface area contributed by atoms with Crippen molar-refractivity contribution in [3.8, 4) is 11.5 Å². The van der Waals surface area contributed by atoms with Gasteiger partial charge in [0.05, 0.1) is 24.5 Å². The first-order valence-electron chi connectivity index (χ1n) is 5.65. The molecule has 0 bridgehead atoms. The Balaban J connectivity index is 2.12. The summed E-state index contributed by atoms with van der Waals surface area (Å²) in [7, 11) is 1.36. The quantitative estimate of drug-likeness (QED) is 0.366. The van der Waals surface area contributed by atoms with Gasteiger partial charge in [-0.2, -0.15) is 0 Å². The van der Waals surface area contributed by atoms with Gasteiger partial charge in [-0.1, -0.05) is 6.07 Å². The number of rotatable bonds is 5. The molecule has 0 radical (unpaired) electrons. The molecule has 0 N–H and O–H groups in total. The first-order valence-corrected chi connectivity index (χ1v) is 6.53. The smallest absolute Gasteiger partial charge is 0.316 e. The lowest BCUT2D eigenvalue weighted by Crippen LogP contribution is -2.11. The summed E-state index contributed by atoms with van der Waals surface area (Å²) in [5, 5.41) is 12.5. The molecule has 0 fully saturated rings. The Morgan fingerprint density at radius 3 is 2.75 bits per heavy atom. The average Bonchev–Trinajstić information content (AvgIpc) is 2.91. The predicted octanol–water partition coefficient (Wildman–Crippen LogP) is 2.81. The summed E-state index contributed by atoms with van der Waals surface area (Å²) in [6.45, 7) is 0. The Morgan fingerprint density at radius 1 is 1.35 bits per heavy atom. The van der Waals surface area contributed by atoms with Crippen molar-refractivity contribution in [2.75, 3.05) is 7.11 Å². The molecular formula is C13H11NO5S. The van der Waals surface area contributed by atoms with Gasteiger partial charge in [0.25, 0.3) is 5.69 Å². The molecule has 1 aromatic heterocycles. The standard InChI is InChI=1S/C13H11NO5S/c1-18-12-7-9(14(16)17)4-5-11(12)19-13(15)8-10-3-2-6-20-10/h2-7H,8H2,1H3. The maximum absolute atomic E-state index is 11.8. The third-order valence-corrected chi connectivity index (χ3v) is 3.36. The van der Waals surface area contributed by atoms with Crippen LogP contribution in [0.4, 0.5) is 5.69 Å². The van der Waals surface area contributed by atoms with Crippen LogP contribution in [0, 0.1) is 10.1 Å². The van der Waals surface area contributed by atoms with E-state index in [0.29, 0.717) is 0 Å². The Kier molecular flexibility index (Phi) is 4.31. The lowest BCUT2D eigenvalue weighted by Gasteiger charge is -2.08. The Labute approximate surface area is 118 Å². The van der Waals surface area contributed by atoms with Crippen LogP contribution in [-0.4, -0.2) is 18.0 Å². The van der Waals surface area contributed by atoms with Crippen molar-refractivity contribution in [3.05, 3.63) is 50.7 Å². The number of nitro benzene ring substituents is 1. The van der Waals surface area contributed by atoms with Crippen LogP contribution >= 0.6 is 11.3 Å². The topological polar surface area (TPSA) is 78.7 Å². The monoisotopic (exact) mass is 293 g/mol. The van der Waals surface area contributed by atoms with Gasteiger partial charge in [-0.25, -0.2) is 0 Å². The van der Waals surface area contributed by atoms with Crippen molar-refractivity contribution < 1.29 is 19.2 Å². The molecular weight excluding hydrogens is 282 g/mol. The van der Waals surface area contributed by atoms with E-state index in [1.54, 1.807) is 0 Å². The van der Waals surface area contributed by atoms with E-state index < -0.39 is 10.9 Å². The molecule has 1 heterocycles. The molecule has 6 nitrogen and oxygen atoms in total. The van der Waals surface area contributed by atoms with Crippen LogP contribution in [0.1, 0.15) is 4.88 Å². The van der Waals surface area contributed by atoms with Crippen molar-refractivity contribution in [1.29, 1.82) is 0 Å². The molecule has 2 aromatic rings. The van der Waals surface area contributed by atoms with Gasteiger partial charge in [0, 0.05) is 10.9 Å². The number of nitro groups is 1. The average molecular weight is 293 g/mol. The normalized spacial score (nSPS) is 10.1. The number of esters is 1. The number of ether oxygens (including phenoxy) is 2. The number of hydrogen-bond acceptors (Lipinski definition) is 6. The molecule has 20 heavy (non-hydrogen) atoms. The largest absolute Gasteiger partial charge is 0.493 e. The zero-order valence-electron chi connectivity index (χ0n) is 10.6. The zero-order chi connectivity index (χ0) is 14.5. The Hall–Kier alpha value is -2.41. The number of carbonyl (C=O) groups excluding carboxylic acids is 1. The van der Waals surface area contributed by atoms with E-state index in [2.05, 4.69) is 0 Å². The SMILES string of the molecule is COc1cc([N+](=O)[O-])ccc1OC(=O)Cc1cccs1. The van der Waals surface area contributed by atoms with E-state index >= 15 is 0 Å². The molecule has 0 saturated carbocycles. The maximum atomic E-state index is 11.8. The second kappa shape index (κ2) is 6.16. The summed E-state index contributed by atoms with van der Waals surface area (Å²) < 4.78 is 10.2. The number of methoxy groups -OCH3 is 1. The van der Waals surface area contributed by atoms with Crippen LogP contribution in [0.3, 0.4) is 0 Å². The summed E-state index contributed by atoms with van der Waals surface area (Å²) in [4.78, 5) is 22.8. The van der Waals surface area contributed by atoms with Gasteiger partial charge in [-0.15, -0.1) is 11.3 Å². The molecule has 0 aliphatic heterocycles. The third-order valence-electron chi connectivity index (χ3n) is 2.48. The molecule has 1 aromatic carbocycles. The minimum Gasteiger partial charge on any atom is -0.493 e. The van der Waals surface area contributed by atoms with E-state index in [4.69, 9.17) is 9.47 Å². The van der Waals surface area contributed by atoms with E-state index in [0.717, 1.165) is 4.88 Å². The van der Waals surface area contributed by atoms with E-state index in [1.807, 2.05) is 17.5 Å². The van der Waals surface area contributed by atoms with Gasteiger partial charge in [-0.3, -0.25) is 14.9 Å². The van der Waals surface area contributed by atoms with Crippen LogP contribution < -0.4 is 9.47 Å². The molecule has 104 valence electrons. The molecule has 0 unspecified atom stereocenters. The fourth-order valence-corrected chi connectivity index (χ4v) is 2.26. The summed E-state index contributed by atoms with van der Waals surface area (Å²) >= 11 is 1.46. The van der Waals surface area contributed by atoms with Crippen molar-refractivity contribution in [2.45, 2.75) is 6.42 Å². The number of hydrogen-bond donors (Lipinski definition) is 0. The van der Waals surface area contributed by atoms with Gasteiger partial charge >= 0.3 is 5.97 Å². The molecule has 0 spiro atoms. The fraction of sp³-hybridized carbons (Fsp3) is 0.154. The molecule has 0 aliphatic rings. The third kappa shape index (κ3) is 3.33. The number of thiophene rings is 1. The second-order valence-corrected chi connectivity index (χ2v) is 4.85. The molecule has 0 saturated heterocycles. The molecule has 0 aliphatic carbocycles. The van der Waals surface area contributed by atoms with Crippen molar-refractivity contribution in [3.63, 3.8) is 0 Å². The summed E-state index contributed by atoms with van der Waals surface area (Å²) in [6.07, 6.45) is 0.151. The molecule has 2 rings (SSSR count). The van der Waals surface area contributed by atoms with Gasteiger partial charge in [0.1, 0.15) is 0 Å². The van der Waals surface area contributed by atoms with Crippen LogP contribution in [0.5, 0.6) is 11.5 Å². The number of non-ortho nitro benzene ring substituents is 1. The Bertz CT molecular complexity index is 624. The predicted molar refractivity (Wildman–Crippen MR) is 73.3 cm³/mol. The lowest BCUT2D eigenvalue weighted by molar-refractivity contribution is -0.384. The summed E-state index contributed by atoms with van der Waals surface area (Å²) in [5.74, 6) is -0.127. The highest BCUT2D eigenvalue weighted by molar-refractivity contribution is 7.10. The van der Waals surface area contributed by atoms with E-state index in [-0.39, 0.29) is 23.6 Å². The van der Waals surface area contributed by atoms with Crippen molar-refractivity contribution in [2.24, 2.45) is 0 Å². The maximum Gasteiger partial charge on any atom is 0.316 e. The lowest BCUT2D eigenvalue weighted by atomic mass is 10.3. The second-order valence-electron chi connectivity index (χ2n) is 3.82. The number of carbonyl (C=O) groups is 1. The van der Waals surface area contributed by atoms with Gasteiger partial charge in [0.2, 0.25) is 0 Å². The van der Waals surface area contributed by atoms with Crippen molar-refractivity contribution >= 4 is 23.0 Å². The van der Waals surface area contributed by atoms with E-state index in [9.17, 15) is 14.9 Å². The zero-order valence-corrected chi connectivity index (χ0v) is 11.4. The van der Waals surface area contributed by atoms with Gasteiger partial charge in [0.15, 0.2) is 11.5 Å². The Morgan fingerprint density at radius 2 is 2.15 bits per heavy atom. The molecule has 7 heteroatoms. The first-order chi connectivity index (χ1) is 9.60. The summed E-state index contributed by atoms with van der Waals surface area (Å²) in [5.41, 5.74) is -0.125. The minimum absolute atomic E-state index is 0.125. The summed E-state index contributed by atoms with van der Waals surface area (Å²) in [6, 6.07) is 7.51. The van der Waals surface area contributed by atoms with Crippen LogP contribution in [0.15, 0.2) is 35.7 Å². The van der Waals surface area contributed by atoms with Crippen LogP contribution in [0.25, 0.3) is 0 Å². The number of benzene rings is 1.